The predicted octanol–water partition coefficient (Wildman–Crippen LogP) is 3.15. The van der Waals surface area contributed by atoms with Gasteiger partial charge in [0.05, 0.1) is 10.5 Å². The van der Waals surface area contributed by atoms with E-state index < -0.39 is 32.7 Å². The lowest BCUT2D eigenvalue weighted by molar-refractivity contribution is -0.139. The van der Waals surface area contributed by atoms with E-state index in [0.29, 0.717) is 19.0 Å². The fraction of sp³-hybridized carbons (Fsp3) is 0.571. The fourth-order valence-corrected chi connectivity index (χ4v) is 4.59. The lowest BCUT2D eigenvalue weighted by Gasteiger charge is -2.31. The van der Waals surface area contributed by atoms with Gasteiger partial charge in [-0.2, -0.15) is 13.2 Å². The van der Waals surface area contributed by atoms with Crippen LogP contribution in [0.4, 0.5) is 13.2 Å². The van der Waals surface area contributed by atoms with Crippen LogP contribution in [0, 0.1) is 5.92 Å². The van der Waals surface area contributed by atoms with E-state index >= 15 is 0 Å². The second-order valence-electron chi connectivity index (χ2n) is 5.65. The van der Waals surface area contributed by atoms with Crippen LogP contribution in [0.3, 0.4) is 0 Å². The second kappa shape index (κ2) is 6.96. The van der Waals surface area contributed by atoms with Gasteiger partial charge in [-0.3, -0.25) is 0 Å². The maximum absolute atomic E-state index is 13.1. The largest absolute Gasteiger partial charge is 0.417 e. The van der Waals surface area contributed by atoms with E-state index in [2.05, 4.69) is 4.72 Å². The van der Waals surface area contributed by atoms with Crippen LogP contribution >= 0.6 is 11.6 Å². The molecule has 130 valence electrons. The third-order valence-electron chi connectivity index (χ3n) is 4.05. The molecule has 2 atom stereocenters. The summed E-state index contributed by atoms with van der Waals surface area (Å²) in [4.78, 5) is -0.809. The Morgan fingerprint density at radius 2 is 1.91 bits per heavy atom. The molecule has 1 aliphatic rings. The van der Waals surface area contributed by atoms with Crippen molar-refractivity contribution in [2.75, 3.05) is 6.54 Å². The van der Waals surface area contributed by atoms with Gasteiger partial charge in [0.2, 0.25) is 10.0 Å². The molecule has 23 heavy (non-hydrogen) atoms. The first kappa shape index (κ1) is 18.5. The Balaban J connectivity index is 2.36. The molecule has 1 fully saturated rings. The molecule has 9 heteroatoms. The van der Waals surface area contributed by atoms with Crippen LogP contribution in [0.5, 0.6) is 0 Å². The monoisotopic (exact) mass is 370 g/mol. The van der Waals surface area contributed by atoms with E-state index in [1.54, 1.807) is 0 Å². The minimum atomic E-state index is -4.81. The normalized spacial score (nSPS) is 23.0. The lowest BCUT2D eigenvalue weighted by Crippen LogP contribution is -2.45. The van der Waals surface area contributed by atoms with E-state index in [4.69, 9.17) is 17.3 Å². The number of benzene rings is 1. The SMILES string of the molecule is NCC1CCCCC1NS(=O)(=O)c1ccc(Cl)cc1C(F)(F)F. The molecule has 4 nitrogen and oxygen atoms in total. The summed E-state index contributed by atoms with van der Waals surface area (Å²) in [6.45, 7) is 0.292. The molecule has 1 aromatic rings. The Morgan fingerprint density at radius 1 is 1.26 bits per heavy atom. The number of hydrogen-bond donors (Lipinski definition) is 2. The van der Waals surface area contributed by atoms with Crippen LogP contribution in [0.25, 0.3) is 0 Å². The zero-order valence-corrected chi connectivity index (χ0v) is 13.8. The van der Waals surface area contributed by atoms with Crippen molar-refractivity contribution >= 4 is 21.6 Å². The first-order valence-corrected chi connectivity index (χ1v) is 9.10. The van der Waals surface area contributed by atoms with Gasteiger partial charge < -0.3 is 5.73 Å². The summed E-state index contributed by atoms with van der Waals surface area (Å²) in [5.41, 5.74) is 4.37. The minimum absolute atomic E-state index is 0.0693. The van der Waals surface area contributed by atoms with Gasteiger partial charge in [0.1, 0.15) is 0 Å². The van der Waals surface area contributed by atoms with Crippen LogP contribution in [0.15, 0.2) is 23.1 Å². The quantitative estimate of drug-likeness (QED) is 0.855. The fourth-order valence-electron chi connectivity index (χ4n) is 2.87. The van der Waals surface area contributed by atoms with E-state index in [0.717, 1.165) is 31.4 Å². The number of alkyl halides is 3. The number of nitrogens with two attached hydrogens (primary N) is 1. The number of halogens is 4. The maximum atomic E-state index is 13.1. The summed E-state index contributed by atoms with van der Waals surface area (Å²) in [5, 5.41) is -0.172. The molecular weight excluding hydrogens is 353 g/mol. The van der Waals surface area contributed by atoms with Gasteiger partial charge in [0.25, 0.3) is 0 Å². The lowest BCUT2D eigenvalue weighted by atomic mass is 9.85. The third kappa shape index (κ3) is 4.37. The molecular formula is C14H18ClF3N2O2S. The van der Waals surface area contributed by atoms with Crippen LogP contribution in [-0.4, -0.2) is 21.0 Å². The molecule has 1 aliphatic carbocycles. The highest BCUT2D eigenvalue weighted by atomic mass is 35.5. The Hall–Kier alpha value is -0.830. The third-order valence-corrected chi connectivity index (χ3v) is 5.84. The highest BCUT2D eigenvalue weighted by Crippen LogP contribution is 2.36. The molecule has 0 radical (unpaired) electrons. The number of hydrogen-bond acceptors (Lipinski definition) is 3. The predicted molar refractivity (Wildman–Crippen MR) is 81.6 cm³/mol. The highest BCUT2D eigenvalue weighted by Gasteiger charge is 2.38. The van der Waals surface area contributed by atoms with Gasteiger partial charge in [0, 0.05) is 11.1 Å². The molecule has 0 heterocycles. The summed E-state index contributed by atoms with van der Waals surface area (Å²) in [6, 6.07) is 2.19. The summed E-state index contributed by atoms with van der Waals surface area (Å²) in [6.07, 6.45) is -1.73. The smallest absolute Gasteiger partial charge is 0.330 e. The van der Waals surface area contributed by atoms with Gasteiger partial charge in [-0.25, -0.2) is 13.1 Å². The molecule has 0 spiro atoms. The summed E-state index contributed by atoms with van der Waals surface area (Å²) in [5.74, 6) is -0.0693. The highest BCUT2D eigenvalue weighted by molar-refractivity contribution is 7.89. The summed E-state index contributed by atoms with van der Waals surface area (Å²) < 4.78 is 66.6. The topological polar surface area (TPSA) is 72.2 Å². The number of sulfonamides is 1. The van der Waals surface area contributed by atoms with Crippen molar-refractivity contribution in [2.24, 2.45) is 11.7 Å². The van der Waals surface area contributed by atoms with E-state index in [1.807, 2.05) is 0 Å². The Labute approximate surface area is 138 Å². The Morgan fingerprint density at radius 3 is 2.52 bits per heavy atom. The Kier molecular flexibility index (Phi) is 5.60. The molecule has 2 unspecified atom stereocenters. The molecule has 1 saturated carbocycles. The standard InChI is InChI=1S/C14H18ClF3N2O2S/c15-10-5-6-13(11(7-10)14(16,17)18)23(21,22)20-12-4-2-1-3-9(12)8-19/h5-7,9,12,20H,1-4,8,19H2. The van der Waals surface area contributed by atoms with E-state index in [9.17, 15) is 21.6 Å². The van der Waals surface area contributed by atoms with Gasteiger partial charge in [-0.15, -0.1) is 0 Å². The molecule has 0 saturated heterocycles. The summed E-state index contributed by atoms with van der Waals surface area (Å²) >= 11 is 5.58. The number of rotatable bonds is 4. The Bertz CT molecular complexity index is 664. The van der Waals surface area contributed by atoms with Crippen LogP contribution in [-0.2, 0) is 16.2 Å². The van der Waals surface area contributed by atoms with Crippen LogP contribution in [0.2, 0.25) is 5.02 Å². The molecule has 3 N–H and O–H groups in total. The zero-order valence-electron chi connectivity index (χ0n) is 12.2. The molecule has 1 aromatic carbocycles. The molecule has 0 aliphatic heterocycles. The molecule has 0 aromatic heterocycles. The van der Waals surface area contributed by atoms with Crippen molar-refractivity contribution in [1.82, 2.24) is 4.72 Å². The van der Waals surface area contributed by atoms with Crippen LogP contribution in [0.1, 0.15) is 31.2 Å². The van der Waals surface area contributed by atoms with Crippen molar-refractivity contribution in [3.8, 4) is 0 Å². The van der Waals surface area contributed by atoms with Crippen molar-refractivity contribution in [1.29, 1.82) is 0 Å². The van der Waals surface area contributed by atoms with Crippen LogP contribution < -0.4 is 10.5 Å². The average molecular weight is 371 g/mol. The van der Waals surface area contributed by atoms with Crippen molar-refractivity contribution in [3.05, 3.63) is 28.8 Å². The van der Waals surface area contributed by atoms with Gasteiger partial charge in [-0.1, -0.05) is 24.4 Å². The molecule has 2 rings (SSSR count). The second-order valence-corrected chi connectivity index (χ2v) is 7.77. The molecule has 0 bridgehead atoms. The first-order chi connectivity index (χ1) is 10.6. The van der Waals surface area contributed by atoms with Gasteiger partial charge in [0.15, 0.2) is 0 Å². The maximum Gasteiger partial charge on any atom is 0.417 e. The zero-order chi connectivity index (χ0) is 17.3. The van der Waals surface area contributed by atoms with Crippen molar-refractivity contribution in [2.45, 2.75) is 42.8 Å². The molecule has 0 amide bonds. The van der Waals surface area contributed by atoms with Gasteiger partial charge in [-0.05, 0) is 43.5 Å². The first-order valence-electron chi connectivity index (χ1n) is 7.24. The number of nitrogens with one attached hydrogen (secondary N) is 1. The van der Waals surface area contributed by atoms with E-state index in [1.165, 1.54) is 0 Å². The van der Waals surface area contributed by atoms with E-state index in [-0.39, 0.29) is 10.9 Å². The van der Waals surface area contributed by atoms with Crippen molar-refractivity contribution in [3.63, 3.8) is 0 Å². The minimum Gasteiger partial charge on any atom is -0.330 e. The van der Waals surface area contributed by atoms with Crippen molar-refractivity contribution < 1.29 is 21.6 Å². The summed E-state index contributed by atoms with van der Waals surface area (Å²) in [7, 11) is -4.32. The average Bonchev–Trinajstić information content (AvgIpc) is 2.46. The van der Waals surface area contributed by atoms with Gasteiger partial charge >= 0.3 is 6.18 Å².